The van der Waals surface area contributed by atoms with Gasteiger partial charge in [0.25, 0.3) is 5.91 Å². The summed E-state index contributed by atoms with van der Waals surface area (Å²) in [5, 5.41) is 0. The van der Waals surface area contributed by atoms with E-state index in [4.69, 9.17) is 4.74 Å². The summed E-state index contributed by atoms with van der Waals surface area (Å²) in [6, 6.07) is 14.9. The third-order valence-electron chi connectivity index (χ3n) is 7.83. The van der Waals surface area contributed by atoms with Crippen LogP contribution in [-0.4, -0.2) is 55.9 Å². The Morgan fingerprint density at radius 2 is 1.50 bits per heavy atom. The minimum atomic E-state index is -0.243. The Bertz CT molecular complexity index is 1150. The first-order valence-corrected chi connectivity index (χ1v) is 11.9. The Labute approximate surface area is 198 Å². The summed E-state index contributed by atoms with van der Waals surface area (Å²) in [5.74, 6) is 0.360. The standard InChI is InChI=1S/C27H27N3O4/c1-34-22-9-7-20(8-10-22)28-11-13-29(14-12-28)25(31)19-3-2-4-21(16-19)30-26(32)23-17-5-6-18(15-17)24(23)27(30)33/h2-10,16-18,23-24H,11-15H2,1H3/t17-,18-,23+,24+/m0/s1. The van der Waals surface area contributed by atoms with Crippen molar-refractivity contribution in [2.24, 2.45) is 23.7 Å². The molecule has 1 saturated carbocycles. The number of anilines is 2. The van der Waals surface area contributed by atoms with Crippen molar-refractivity contribution in [1.82, 2.24) is 4.90 Å². The predicted molar refractivity (Wildman–Crippen MR) is 128 cm³/mol. The summed E-state index contributed by atoms with van der Waals surface area (Å²) in [5.41, 5.74) is 2.12. The van der Waals surface area contributed by atoms with Gasteiger partial charge in [-0.3, -0.25) is 14.4 Å². The maximum absolute atomic E-state index is 13.3. The summed E-state index contributed by atoms with van der Waals surface area (Å²) >= 11 is 0. The van der Waals surface area contributed by atoms with Crippen LogP contribution in [0.1, 0.15) is 16.8 Å². The van der Waals surface area contributed by atoms with Crippen LogP contribution in [-0.2, 0) is 9.59 Å². The predicted octanol–water partition coefficient (Wildman–Crippen LogP) is 2.97. The van der Waals surface area contributed by atoms with Crippen LogP contribution in [0.2, 0.25) is 0 Å². The summed E-state index contributed by atoms with van der Waals surface area (Å²) in [4.78, 5) is 45.0. The smallest absolute Gasteiger partial charge is 0.254 e. The summed E-state index contributed by atoms with van der Waals surface area (Å²) < 4.78 is 5.23. The molecule has 0 aromatic heterocycles. The van der Waals surface area contributed by atoms with E-state index in [2.05, 4.69) is 17.1 Å². The van der Waals surface area contributed by atoms with Crippen LogP contribution in [0.25, 0.3) is 0 Å². The highest BCUT2D eigenvalue weighted by Crippen LogP contribution is 2.53. The molecule has 174 valence electrons. The van der Waals surface area contributed by atoms with E-state index in [-0.39, 0.29) is 41.4 Å². The van der Waals surface area contributed by atoms with Crippen LogP contribution in [0.15, 0.2) is 60.7 Å². The Hall–Kier alpha value is -3.61. The lowest BCUT2D eigenvalue weighted by molar-refractivity contribution is -0.123. The van der Waals surface area contributed by atoms with Gasteiger partial charge in [-0.2, -0.15) is 0 Å². The quantitative estimate of drug-likeness (QED) is 0.522. The fraction of sp³-hybridized carbons (Fsp3) is 0.370. The molecule has 6 rings (SSSR count). The maximum atomic E-state index is 13.3. The number of nitrogens with zero attached hydrogens (tertiary/aromatic N) is 3. The van der Waals surface area contributed by atoms with E-state index < -0.39 is 0 Å². The number of benzene rings is 2. The molecule has 2 aliphatic carbocycles. The highest BCUT2D eigenvalue weighted by atomic mass is 16.5. The number of piperazine rings is 1. The minimum absolute atomic E-state index is 0.0720. The third kappa shape index (κ3) is 3.22. The average Bonchev–Trinajstić information content (AvgIpc) is 3.57. The molecule has 2 bridgehead atoms. The maximum Gasteiger partial charge on any atom is 0.254 e. The topological polar surface area (TPSA) is 70.2 Å². The molecule has 3 fully saturated rings. The lowest BCUT2D eigenvalue weighted by Gasteiger charge is -2.36. The molecular weight excluding hydrogens is 430 g/mol. The molecule has 3 amide bonds. The molecule has 2 aliphatic heterocycles. The molecule has 4 aliphatic rings. The molecular formula is C27H27N3O4. The number of methoxy groups -OCH3 is 1. The molecule has 7 nitrogen and oxygen atoms in total. The fourth-order valence-corrected chi connectivity index (χ4v) is 6.08. The molecule has 2 aromatic rings. The van der Waals surface area contributed by atoms with Crippen molar-refractivity contribution < 1.29 is 19.1 Å². The Kier molecular flexibility index (Phi) is 4.94. The molecule has 2 aromatic carbocycles. The summed E-state index contributed by atoms with van der Waals surface area (Å²) in [6.45, 7) is 2.69. The zero-order valence-electron chi connectivity index (χ0n) is 19.1. The molecule has 34 heavy (non-hydrogen) atoms. The van der Waals surface area contributed by atoms with Crippen molar-refractivity contribution >= 4 is 29.1 Å². The van der Waals surface area contributed by atoms with Gasteiger partial charge in [-0.05, 0) is 60.7 Å². The number of allylic oxidation sites excluding steroid dienone is 2. The van der Waals surface area contributed by atoms with Gasteiger partial charge in [0, 0.05) is 37.4 Å². The van der Waals surface area contributed by atoms with Crippen LogP contribution >= 0.6 is 0 Å². The number of carbonyl (C=O) groups is 3. The van der Waals surface area contributed by atoms with Gasteiger partial charge >= 0.3 is 0 Å². The van der Waals surface area contributed by atoms with Crippen molar-refractivity contribution in [2.75, 3.05) is 43.1 Å². The van der Waals surface area contributed by atoms with Gasteiger partial charge in [-0.15, -0.1) is 0 Å². The van der Waals surface area contributed by atoms with Gasteiger partial charge < -0.3 is 14.5 Å². The molecule has 2 saturated heterocycles. The Morgan fingerprint density at radius 3 is 2.12 bits per heavy atom. The van der Waals surface area contributed by atoms with Crippen molar-refractivity contribution in [2.45, 2.75) is 6.42 Å². The molecule has 0 unspecified atom stereocenters. The molecule has 0 radical (unpaired) electrons. The fourth-order valence-electron chi connectivity index (χ4n) is 6.08. The molecule has 7 heteroatoms. The van der Waals surface area contributed by atoms with Crippen LogP contribution in [0.5, 0.6) is 5.75 Å². The van der Waals surface area contributed by atoms with Crippen LogP contribution in [0.3, 0.4) is 0 Å². The second-order valence-electron chi connectivity index (χ2n) is 9.54. The summed E-state index contributed by atoms with van der Waals surface area (Å²) in [7, 11) is 1.65. The van der Waals surface area contributed by atoms with Crippen molar-refractivity contribution in [3.05, 3.63) is 66.2 Å². The number of ether oxygens (including phenoxy) is 1. The van der Waals surface area contributed by atoms with Gasteiger partial charge in [0.1, 0.15) is 5.75 Å². The zero-order chi connectivity index (χ0) is 23.4. The van der Waals surface area contributed by atoms with Gasteiger partial charge in [0.2, 0.25) is 11.8 Å². The number of hydrogen-bond donors (Lipinski definition) is 0. The normalized spacial score (nSPS) is 27.5. The van der Waals surface area contributed by atoms with Crippen LogP contribution in [0.4, 0.5) is 11.4 Å². The number of fused-ring (bicyclic) bond motifs is 5. The Morgan fingerprint density at radius 1 is 0.853 bits per heavy atom. The molecule has 0 N–H and O–H groups in total. The van der Waals surface area contributed by atoms with Crippen molar-refractivity contribution in [1.29, 1.82) is 0 Å². The van der Waals surface area contributed by atoms with E-state index in [0.717, 1.165) is 30.9 Å². The first kappa shape index (κ1) is 21.0. The number of imide groups is 1. The highest BCUT2D eigenvalue weighted by Gasteiger charge is 2.59. The van der Waals surface area contributed by atoms with E-state index in [0.29, 0.717) is 24.3 Å². The highest BCUT2D eigenvalue weighted by molar-refractivity contribution is 6.23. The first-order valence-electron chi connectivity index (χ1n) is 11.9. The second-order valence-corrected chi connectivity index (χ2v) is 9.54. The van der Waals surface area contributed by atoms with E-state index >= 15 is 0 Å². The van der Waals surface area contributed by atoms with E-state index in [1.807, 2.05) is 29.2 Å². The lowest BCUT2D eigenvalue weighted by Crippen LogP contribution is -2.48. The van der Waals surface area contributed by atoms with Crippen LogP contribution in [0, 0.1) is 23.7 Å². The lowest BCUT2D eigenvalue weighted by atomic mass is 9.85. The monoisotopic (exact) mass is 457 g/mol. The molecule has 4 atom stereocenters. The number of carbonyl (C=O) groups excluding carboxylic acids is 3. The summed E-state index contributed by atoms with van der Waals surface area (Å²) in [6.07, 6.45) is 5.08. The van der Waals surface area contributed by atoms with E-state index in [1.165, 1.54) is 4.90 Å². The van der Waals surface area contributed by atoms with Crippen LogP contribution < -0.4 is 14.5 Å². The first-order chi connectivity index (χ1) is 16.5. The van der Waals surface area contributed by atoms with Gasteiger partial charge in [0.05, 0.1) is 24.6 Å². The third-order valence-corrected chi connectivity index (χ3v) is 7.83. The van der Waals surface area contributed by atoms with Crippen molar-refractivity contribution in [3.8, 4) is 5.75 Å². The molecule has 2 heterocycles. The van der Waals surface area contributed by atoms with Crippen molar-refractivity contribution in [3.63, 3.8) is 0 Å². The average molecular weight is 458 g/mol. The Balaban J connectivity index is 1.15. The number of hydrogen-bond acceptors (Lipinski definition) is 5. The molecule has 0 spiro atoms. The SMILES string of the molecule is COc1ccc(N2CCN(C(=O)c3cccc(N4C(=O)[C@H]5[C@H](C4=O)[C@H]4C=C[C@H]5C4)c3)CC2)cc1. The number of rotatable bonds is 4. The largest absolute Gasteiger partial charge is 0.497 e. The minimum Gasteiger partial charge on any atom is -0.497 e. The van der Waals surface area contributed by atoms with E-state index in [9.17, 15) is 14.4 Å². The van der Waals surface area contributed by atoms with E-state index in [1.54, 1.807) is 31.4 Å². The van der Waals surface area contributed by atoms with Gasteiger partial charge in [-0.25, -0.2) is 4.90 Å². The number of amides is 3. The van der Waals surface area contributed by atoms with Gasteiger partial charge in [0.15, 0.2) is 0 Å². The second kappa shape index (κ2) is 8.01. The zero-order valence-corrected chi connectivity index (χ0v) is 19.1. The van der Waals surface area contributed by atoms with Gasteiger partial charge in [-0.1, -0.05) is 18.2 Å².